The van der Waals surface area contributed by atoms with Crippen LogP contribution in [0.4, 0.5) is 0 Å². The number of rotatable bonds is 3. The molecule has 0 radical (unpaired) electrons. The van der Waals surface area contributed by atoms with Gasteiger partial charge in [0.1, 0.15) is 0 Å². The summed E-state index contributed by atoms with van der Waals surface area (Å²) in [5, 5.41) is 0. The second kappa shape index (κ2) is 8.52. The molecule has 80 valence electrons. The Morgan fingerprint density at radius 3 is 2.15 bits per heavy atom. The Morgan fingerprint density at radius 1 is 1.23 bits per heavy atom. The zero-order valence-corrected chi connectivity index (χ0v) is 9.55. The minimum absolute atomic E-state index is 0.872. The third-order valence-electron chi connectivity index (χ3n) is 2.73. The van der Waals surface area contributed by atoms with Crippen LogP contribution in [-0.4, -0.2) is 31.1 Å². The van der Waals surface area contributed by atoms with Gasteiger partial charge in [0.15, 0.2) is 0 Å². The van der Waals surface area contributed by atoms with E-state index in [4.69, 9.17) is 5.73 Å². The molecule has 1 rings (SSSR count). The molecular formula is C11H26N2. The lowest BCUT2D eigenvalue weighted by Gasteiger charge is -2.30. The van der Waals surface area contributed by atoms with E-state index in [0.717, 1.165) is 12.5 Å². The summed E-state index contributed by atoms with van der Waals surface area (Å²) in [7, 11) is 0. The van der Waals surface area contributed by atoms with Gasteiger partial charge in [0.05, 0.1) is 0 Å². The first-order chi connectivity index (χ1) is 6.36. The molecule has 2 N–H and O–H groups in total. The molecule has 2 heteroatoms. The van der Waals surface area contributed by atoms with Crippen molar-refractivity contribution in [3.63, 3.8) is 0 Å². The minimum Gasteiger partial charge on any atom is -0.330 e. The summed E-state index contributed by atoms with van der Waals surface area (Å²) in [6.45, 7) is 10.9. The molecule has 0 aromatic heterocycles. The molecule has 0 amide bonds. The topological polar surface area (TPSA) is 29.3 Å². The van der Waals surface area contributed by atoms with Gasteiger partial charge in [-0.2, -0.15) is 0 Å². The van der Waals surface area contributed by atoms with E-state index in [0.29, 0.717) is 0 Å². The predicted octanol–water partition coefficient (Wildman–Crippen LogP) is 2.09. The fourth-order valence-electron chi connectivity index (χ4n) is 1.83. The van der Waals surface area contributed by atoms with Crippen LogP contribution in [0.5, 0.6) is 0 Å². The van der Waals surface area contributed by atoms with Crippen LogP contribution in [0.15, 0.2) is 0 Å². The zero-order valence-electron chi connectivity index (χ0n) is 9.55. The second-order valence-corrected chi connectivity index (χ2v) is 3.45. The first kappa shape index (κ1) is 12.9. The smallest absolute Gasteiger partial charge is 0.00162 e. The molecule has 0 unspecified atom stereocenters. The van der Waals surface area contributed by atoms with Crippen molar-refractivity contribution in [2.75, 3.05) is 26.2 Å². The van der Waals surface area contributed by atoms with Gasteiger partial charge in [-0.05, 0) is 51.4 Å². The van der Waals surface area contributed by atoms with Crippen LogP contribution in [0.3, 0.4) is 0 Å². The molecule has 1 aliphatic rings. The van der Waals surface area contributed by atoms with Crippen LogP contribution < -0.4 is 5.73 Å². The third kappa shape index (κ3) is 5.27. The molecule has 2 nitrogen and oxygen atoms in total. The second-order valence-electron chi connectivity index (χ2n) is 3.45. The molecule has 0 saturated carbocycles. The largest absolute Gasteiger partial charge is 0.330 e. The highest BCUT2D eigenvalue weighted by molar-refractivity contribution is 4.71. The van der Waals surface area contributed by atoms with E-state index in [1.54, 1.807) is 0 Å². The Hall–Kier alpha value is -0.0800. The Morgan fingerprint density at radius 2 is 1.77 bits per heavy atom. The monoisotopic (exact) mass is 186 g/mol. The lowest BCUT2D eigenvalue weighted by atomic mass is 9.94. The number of likely N-dealkylation sites (tertiary alicyclic amines) is 1. The lowest BCUT2D eigenvalue weighted by Crippen LogP contribution is -2.33. The molecule has 1 heterocycles. The van der Waals surface area contributed by atoms with Crippen LogP contribution in [-0.2, 0) is 0 Å². The van der Waals surface area contributed by atoms with Crippen molar-refractivity contribution in [2.24, 2.45) is 11.7 Å². The van der Waals surface area contributed by atoms with Crippen LogP contribution in [0.2, 0.25) is 0 Å². The van der Waals surface area contributed by atoms with Gasteiger partial charge >= 0.3 is 0 Å². The number of hydrogen-bond acceptors (Lipinski definition) is 2. The van der Waals surface area contributed by atoms with Crippen molar-refractivity contribution in [1.29, 1.82) is 0 Å². The van der Waals surface area contributed by atoms with Crippen LogP contribution >= 0.6 is 0 Å². The molecule has 0 aromatic rings. The van der Waals surface area contributed by atoms with Gasteiger partial charge in [-0.3, -0.25) is 0 Å². The van der Waals surface area contributed by atoms with E-state index in [9.17, 15) is 0 Å². The van der Waals surface area contributed by atoms with Gasteiger partial charge in [-0.15, -0.1) is 0 Å². The highest BCUT2D eigenvalue weighted by Crippen LogP contribution is 2.18. The number of nitrogens with zero attached hydrogens (tertiary/aromatic N) is 1. The highest BCUT2D eigenvalue weighted by atomic mass is 15.1. The molecule has 1 aliphatic heterocycles. The van der Waals surface area contributed by atoms with Gasteiger partial charge in [-0.1, -0.05) is 20.8 Å². The molecular weight excluding hydrogens is 160 g/mol. The summed E-state index contributed by atoms with van der Waals surface area (Å²) in [4.78, 5) is 2.52. The maximum atomic E-state index is 5.51. The van der Waals surface area contributed by atoms with Crippen molar-refractivity contribution < 1.29 is 0 Å². The molecule has 1 saturated heterocycles. The summed E-state index contributed by atoms with van der Waals surface area (Å²) in [6.07, 6.45) is 3.97. The quantitative estimate of drug-likeness (QED) is 0.731. The normalized spacial score (nSPS) is 19.4. The Kier molecular flexibility index (Phi) is 8.46. The van der Waals surface area contributed by atoms with Crippen LogP contribution in [0, 0.1) is 5.92 Å². The Labute approximate surface area is 83.5 Å². The van der Waals surface area contributed by atoms with E-state index in [1.807, 2.05) is 13.8 Å². The lowest BCUT2D eigenvalue weighted by molar-refractivity contribution is 0.188. The van der Waals surface area contributed by atoms with Crippen molar-refractivity contribution in [2.45, 2.75) is 40.0 Å². The van der Waals surface area contributed by atoms with Crippen molar-refractivity contribution >= 4 is 0 Å². The molecule has 0 aromatic carbocycles. The summed E-state index contributed by atoms with van der Waals surface area (Å²) in [5.74, 6) is 0.919. The van der Waals surface area contributed by atoms with Gasteiger partial charge in [0, 0.05) is 0 Å². The molecule has 1 fully saturated rings. The molecule has 13 heavy (non-hydrogen) atoms. The standard InChI is InChI=1S/C9H20N2.C2H6/c1-2-11-7-4-9(3-6-10)5-8-11;1-2/h9H,2-8,10H2,1H3;1-2H3. The van der Waals surface area contributed by atoms with Gasteiger partial charge < -0.3 is 10.6 Å². The maximum absolute atomic E-state index is 5.51. The van der Waals surface area contributed by atoms with Crippen LogP contribution in [0.25, 0.3) is 0 Å². The summed E-state index contributed by atoms with van der Waals surface area (Å²) < 4.78 is 0. The molecule has 0 atom stereocenters. The minimum atomic E-state index is 0.872. The van der Waals surface area contributed by atoms with E-state index in [2.05, 4.69) is 11.8 Å². The van der Waals surface area contributed by atoms with E-state index in [1.165, 1.54) is 38.9 Å². The first-order valence-electron chi connectivity index (χ1n) is 5.79. The Balaban J connectivity index is 0.000000671. The zero-order chi connectivity index (χ0) is 10.1. The molecule has 0 bridgehead atoms. The maximum Gasteiger partial charge on any atom is -0.00162 e. The van der Waals surface area contributed by atoms with Crippen molar-refractivity contribution in [3.8, 4) is 0 Å². The fraction of sp³-hybridized carbons (Fsp3) is 1.00. The number of nitrogens with two attached hydrogens (primary N) is 1. The SMILES string of the molecule is CC.CCN1CCC(CCN)CC1. The van der Waals surface area contributed by atoms with Gasteiger partial charge in [0.25, 0.3) is 0 Å². The van der Waals surface area contributed by atoms with Crippen LogP contribution in [0.1, 0.15) is 40.0 Å². The third-order valence-corrected chi connectivity index (χ3v) is 2.73. The fourth-order valence-corrected chi connectivity index (χ4v) is 1.83. The van der Waals surface area contributed by atoms with E-state index >= 15 is 0 Å². The molecule has 0 aliphatic carbocycles. The summed E-state index contributed by atoms with van der Waals surface area (Å²) in [5.41, 5.74) is 5.51. The Bertz CT molecular complexity index is 96.3. The summed E-state index contributed by atoms with van der Waals surface area (Å²) >= 11 is 0. The van der Waals surface area contributed by atoms with Gasteiger partial charge in [-0.25, -0.2) is 0 Å². The van der Waals surface area contributed by atoms with E-state index < -0.39 is 0 Å². The van der Waals surface area contributed by atoms with Crippen molar-refractivity contribution in [1.82, 2.24) is 4.90 Å². The average Bonchev–Trinajstić information content (AvgIpc) is 2.23. The highest BCUT2D eigenvalue weighted by Gasteiger charge is 2.16. The first-order valence-corrected chi connectivity index (χ1v) is 5.79. The number of piperidine rings is 1. The van der Waals surface area contributed by atoms with Crippen molar-refractivity contribution in [3.05, 3.63) is 0 Å². The van der Waals surface area contributed by atoms with Gasteiger partial charge in [0.2, 0.25) is 0 Å². The predicted molar refractivity (Wildman–Crippen MR) is 59.9 cm³/mol. The molecule has 0 spiro atoms. The van der Waals surface area contributed by atoms with E-state index in [-0.39, 0.29) is 0 Å². The summed E-state index contributed by atoms with van der Waals surface area (Å²) in [6, 6.07) is 0. The average molecular weight is 186 g/mol. The number of hydrogen-bond donors (Lipinski definition) is 1.